The van der Waals surface area contributed by atoms with Gasteiger partial charge in [-0.1, -0.05) is 31.7 Å². The normalized spacial score (nSPS) is 45.0. The maximum Gasteiger partial charge on any atom is 0.312 e. The van der Waals surface area contributed by atoms with E-state index >= 15 is 0 Å². The molecule has 0 aromatic rings. The van der Waals surface area contributed by atoms with Crippen LogP contribution in [0.1, 0.15) is 34.6 Å². The van der Waals surface area contributed by atoms with Gasteiger partial charge in [-0.15, -0.1) is 11.6 Å². The Hall–Kier alpha value is -2.49. The average molecular weight is 497 g/mol. The molecule has 10 heteroatoms. The summed E-state index contributed by atoms with van der Waals surface area (Å²) in [5.41, 5.74) is -5.37. The van der Waals surface area contributed by atoms with Crippen LogP contribution in [0.3, 0.4) is 0 Å². The van der Waals surface area contributed by atoms with Crippen molar-refractivity contribution in [2.75, 3.05) is 0 Å². The zero-order chi connectivity index (χ0) is 25.8. The van der Waals surface area contributed by atoms with Crippen molar-refractivity contribution in [3.8, 4) is 0 Å². The Balaban J connectivity index is 2.42. The van der Waals surface area contributed by atoms with Gasteiger partial charge in [0, 0.05) is 19.3 Å². The Morgan fingerprint density at radius 1 is 1.18 bits per heavy atom. The Labute approximate surface area is 202 Å². The number of hydrogen-bond donors (Lipinski definition) is 2. The summed E-state index contributed by atoms with van der Waals surface area (Å²) in [6, 6.07) is 0. The van der Waals surface area contributed by atoms with E-state index in [1.165, 1.54) is 32.1 Å². The highest BCUT2D eigenvalue weighted by molar-refractivity contribution is 6.23. The lowest BCUT2D eigenvalue weighted by molar-refractivity contribution is -0.220. The Morgan fingerprint density at radius 3 is 2.35 bits per heavy atom. The highest BCUT2D eigenvalue weighted by Crippen LogP contribution is 2.54. The molecule has 0 bridgehead atoms. The lowest BCUT2D eigenvalue weighted by Crippen LogP contribution is -2.68. The zero-order valence-corrected chi connectivity index (χ0v) is 20.4. The number of carbonyl (C=O) groups is 4. The molecule has 3 aliphatic rings. The van der Waals surface area contributed by atoms with Crippen LogP contribution < -0.4 is 0 Å². The number of esters is 3. The number of ether oxygens (including phenoxy) is 3. The van der Waals surface area contributed by atoms with Crippen molar-refractivity contribution in [2.24, 2.45) is 17.3 Å². The third kappa shape index (κ3) is 3.89. The minimum Gasteiger partial charge on any atom is -0.459 e. The molecule has 0 amide bonds. The number of ketones is 1. The van der Waals surface area contributed by atoms with Crippen molar-refractivity contribution in [2.45, 2.75) is 69.5 Å². The first-order valence-corrected chi connectivity index (χ1v) is 11.3. The smallest absolute Gasteiger partial charge is 0.312 e. The molecule has 0 spiro atoms. The van der Waals surface area contributed by atoms with Crippen LogP contribution in [0.25, 0.3) is 0 Å². The summed E-state index contributed by atoms with van der Waals surface area (Å²) >= 11 is 6.54. The third-order valence-electron chi connectivity index (χ3n) is 7.14. The molecule has 0 aromatic heterocycles. The van der Waals surface area contributed by atoms with Gasteiger partial charge in [-0.2, -0.15) is 0 Å². The highest BCUT2D eigenvalue weighted by atomic mass is 35.5. The summed E-state index contributed by atoms with van der Waals surface area (Å²) < 4.78 is 16.6. The van der Waals surface area contributed by atoms with Gasteiger partial charge in [0.15, 0.2) is 23.1 Å². The highest BCUT2D eigenvalue weighted by Gasteiger charge is 2.70. The fraction of sp³-hybridized carbons (Fsp3) is 0.583. The van der Waals surface area contributed by atoms with E-state index in [0.29, 0.717) is 0 Å². The van der Waals surface area contributed by atoms with Gasteiger partial charge in [0.05, 0.1) is 23.3 Å². The van der Waals surface area contributed by atoms with Gasteiger partial charge in [-0.05, 0) is 25.5 Å². The second-order valence-electron chi connectivity index (χ2n) is 9.52. The van der Waals surface area contributed by atoms with Crippen LogP contribution in [-0.4, -0.2) is 68.8 Å². The van der Waals surface area contributed by atoms with E-state index < -0.39 is 75.8 Å². The predicted molar refractivity (Wildman–Crippen MR) is 119 cm³/mol. The quantitative estimate of drug-likeness (QED) is 0.251. The summed E-state index contributed by atoms with van der Waals surface area (Å²) in [5, 5.41) is 21.5. The Morgan fingerprint density at radius 2 is 1.79 bits per heavy atom. The molecule has 1 fully saturated rings. The predicted octanol–water partition coefficient (Wildman–Crippen LogP) is 1.39. The monoisotopic (exact) mass is 496 g/mol. The van der Waals surface area contributed by atoms with Crippen LogP contribution in [0, 0.1) is 17.3 Å². The minimum absolute atomic E-state index is 0.0467. The largest absolute Gasteiger partial charge is 0.459 e. The van der Waals surface area contributed by atoms with Crippen molar-refractivity contribution >= 4 is 35.3 Å². The fourth-order valence-corrected chi connectivity index (χ4v) is 5.69. The molecule has 1 heterocycles. The van der Waals surface area contributed by atoms with Crippen LogP contribution in [0.2, 0.25) is 0 Å². The number of rotatable bonds is 2. The maximum absolute atomic E-state index is 13.2. The van der Waals surface area contributed by atoms with E-state index in [4.69, 9.17) is 25.8 Å². The number of halogens is 1. The zero-order valence-electron chi connectivity index (χ0n) is 19.6. The number of fused-ring (bicyclic) bond motifs is 2. The molecular weight excluding hydrogens is 468 g/mol. The Kier molecular flexibility index (Phi) is 6.62. The van der Waals surface area contributed by atoms with Crippen molar-refractivity contribution in [3.63, 3.8) is 0 Å². The lowest BCUT2D eigenvalue weighted by Gasteiger charge is -2.53. The van der Waals surface area contributed by atoms with Crippen LogP contribution in [-0.2, 0) is 33.4 Å². The van der Waals surface area contributed by atoms with E-state index in [0.717, 1.165) is 13.8 Å². The van der Waals surface area contributed by atoms with Gasteiger partial charge in [0.25, 0.3) is 0 Å². The molecule has 9 nitrogen and oxygen atoms in total. The van der Waals surface area contributed by atoms with Crippen LogP contribution >= 0.6 is 11.6 Å². The first-order chi connectivity index (χ1) is 15.6. The number of aliphatic hydroxyl groups excluding tert-OH is 1. The molecular formula is C24H29ClO9. The average Bonchev–Trinajstić information content (AvgIpc) is 2.97. The minimum atomic E-state index is -2.28. The van der Waals surface area contributed by atoms with Crippen molar-refractivity contribution < 1.29 is 43.6 Å². The molecule has 0 aromatic carbocycles. The van der Waals surface area contributed by atoms with E-state index in [9.17, 15) is 29.4 Å². The summed E-state index contributed by atoms with van der Waals surface area (Å²) in [6.07, 6.45) is 1.27. The van der Waals surface area contributed by atoms with Gasteiger partial charge in [-0.3, -0.25) is 19.2 Å². The fourth-order valence-electron chi connectivity index (χ4n) is 5.30. The SMILES string of the molecule is C=C1[C@@H](O)/C=C/[C@@]2(C)C=CC(=O)[C@@](C)(OC(C)=O)[C@@H]2[C@H](OC(C)=O)[C@]2(O)[C@@H](C)C(=O)O[C@H]2[C@H]1Cl. The second kappa shape index (κ2) is 8.62. The molecule has 1 aliphatic heterocycles. The molecule has 2 aliphatic carbocycles. The summed E-state index contributed by atoms with van der Waals surface area (Å²) in [6.45, 7) is 10.4. The molecule has 34 heavy (non-hydrogen) atoms. The van der Waals surface area contributed by atoms with Crippen LogP contribution in [0.5, 0.6) is 0 Å². The van der Waals surface area contributed by atoms with Gasteiger partial charge in [-0.25, -0.2) is 0 Å². The van der Waals surface area contributed by atoms with Crippen molar-refractivity contribution in [1.82, 2.24) is 0 Å². The first kappa shape index (κ1) is 26.1. The number of hydrogen-bond acceptors (Lipinski definition) is 9. The molecule has 2 N–H and O–H groups in total. The van der Waals surface area contributed by atoms with Gasteiger partial charge >= 0.3 is 17.9 Å². The molecule has 9 atom stereocenters. The maximum atomic E-state index is 13.2. The summed E-state index contributed by atoms with van der Waals surface area (Å²) in [4.78, 5) is 50.2. The third-order valence-corrected chi connectivity index (χ3v) is 7.65. The summed E-state index contributed by atoms with van der Waals surface area (Å²) in [7, 11) is 0. The van der Waals surface area contributed by atoms with Gasteiger partial charge in [0.1, 0.15) is 6.10 Å². The molecule has 0 saturated carbocycles. The van der Waals surface area contributed by atoms with E-state index in [-0.39, 0.29) is 5.57 Å². The Bertz CT molecular complexity index is 1000. The van der Waals surface area contributed by atoms with E-state index in [2.05, 4.69) is 6.58 Å². The van der Waals surface area contributed by atoms with Crippen molar-refractivity contribution in [1.29, 1.82) is 0 Å². The molecule has 0 unspecified atom stereocenters. The van der Waals surface area contributed by atoms with E-state index in [1.807, 2.05) is 0 Å². The van der Waals surface area contributed by atoms with Gasteiger partial charge in [0.2, 0.25) is 0 Å². The van der Waals surface area contributed by atoms with E-state index in [1.54, 1.807) is 13.0 Å². The molecule has 1 saturated heterocycles. The second-order valence-corrected chi connectivity index (χ2v) is 9.99. The lowest BCUT2D eigenvalue weighted by atomic mass is 9.56. The summed E-state index contributed by atoms with van der Waals surface area (Å²) in [5.74, 6) is -5.53. The number of aliphatic hydroxyl groups is 2. The van der Waals surface area contributed by atoms with Crippen molar-refractivity contribution in [3.05, 3.63) is 36.5 Å². The number of allylic oxidation sites excluding steroid dienone is 2. The van der Waals surface area contributed by atoms with Crippen LogP contribution in [0.4, 0.5) is 0 Å². The number of alkyl halides is 1. The molecule has 186 valence electrons. The molecule has 3 rings (SSSR count). The topological polar surface area (TPSA) is 136 Å². The molecule has 0 radical (unpaired) electrons. The van der Waals surface area contributed by atoms with Gasteiger partial charge < -0.3 is 24.4 Å². The first-order valence-electron chi connectivity index (χ1n) is 10.8. The number of carbonyl (C=O) groups excluding carboxylic acids is 4. The van der Waals surface area contributed by atoms with Crippen LogP contribution in [0.15, 0.2) is 36.5 Å². The standard InChI is InChI=1S/C24H29ClO9/c1-11-15(28)7-9-22(5)10-8-16(29)23(6,34-14(4)27)18(22)20(32-13(3)26)24(31)12(2)21(30)33-19(24)17(11)25/h7-10,12,15,17-20,28,31H,1H2,2-6H3/b9-7+/t12-,15-,17-,18+,19-,20-,22-,23+,24-/m0/s1.